The first kappa shape index (κ1) is 17.3. The molecule has 2 aliphatic carbocycles. The molecule has 0 bridgehead atoms. The minimum atomic E-state index is -0.223. The van der Waals surface area contributed by atoms with E-state index < -0.39 is 0 Å². The van der Waals surface area contributed by atoms with Gasteiger partial charge in [-0.05, 0) is 95.3 Å². The maximum Gasteiger partial charge on any atom is 0.116 e. The number of hydrogen-bond acceptors (Lipinski definition) is 2. The predicted octanol–water partition coefficient (Wildman–Crippen LogP) is 5.14. The van der Waals surface area contributed by atoms with E-state index in [1.807, 2.05) is 42.5 Å². The molecule has 0 aromatic heterocycles. The summed E-state index contributed by atoms with van der Waals surface area (Å²) in [5.74, 6) is 7.32. The highest BCUT2D eigenvalue weighted by atomic mass is 16.3. The van der Waals surface area contributed by atoms with Crippen LogP contribution in [0.4, 0.5) is 0 Å². The van der Waals surface area contributed by atoms with Crippen LogP contribution in [0.1, 0.15) is 54.4 Å². The van der Waals surface area contributed by atoms with Crippen molar-refractivity contribution in [3.8, 4) is 17.6 Å². The largest absolute Gasteiger partial charge is 0.508 e. The Morgan fingerprint density at radius 1 is 1.00 bits per heavy atom. The first-order chi connectivity index (χ1) is 13.5. The molecule has 0 amide bonds. The van der Waals surface area contributed by atoms with Crippen LogP contribution in [-0.2, 0) is 6.42 Å². The highest BCUT2D eigenvalue weighted by Gasteiger charge is 2.47. The van der Waals surface area contributed by atoms with E-state index in [9.17, 15) is 10.2 Å². The minimum absolute atomic E-state index is 0.154. The highest BCUT2D eigenvalue weighted by Crippen LogP contribution is 2.56. The number of rotatable bonds is 0. The summed E-state index contributed by atoms with van der Waals surface area (Å²) in [4.78, 5) is 0. The van der Waals surface area contributed by atoms with Gasteiger partial charge in [0.2, 0.25) is 0 Å². The van der Waals surface area contributed by atoms with E-state index in [0.29, 0.717) is 11.7 Å². The lowest BCUT2D eigenvalue weighted by atomic mass is 9.66. The van der Waals surface area contributed by atoms with Crippen LogP contribution < -0.4 is 0 Å². The molecule has 5 rings (SSSR count). The predicted molar refractivity (Wildman–Crippen MR) is 112 cm³/mol. The molecule has 3 atom stereocenters. The van der Waals surface area contributed by atoms with Crippen molar-refractivity contribution in [2.45, 2.75) is 44.6 Å². The van der Waals surface area contributed by atoms with E-state index in [1.54, 1.807) is 6.07 Å². The quantitative estimate of drug-likeness (QED) is 0.540. The number of aryl methyl sites for hydroxylation is 1. The zero-order valence-corrected chi connectivity index (χ0v) is 16.1. The van der Waals surface area contributed by atoms with Crippen LogP contribution in [0.15, 0.2) is 54.6 Å². The van der Waals surface area contributed by atoms with Gasteiger partial charge in [-0.3, -0.25) is 0 Å². The standard InChI is InChI=1S/C26H24O2/c1-26-12-11-22-23-14-19(27)9-10-21(23)18(8-7-17-5-3-2-4-6-17)13-24(22)25(26)15-20(28)16-26/h2-6,9-10,13-14,20,25,27-28H,11-12,15-16H2,1H3/t20-,25-,26+/m0/s1. The van der Waals surface area contributed by atoms with Crippen LogP contribution in [0, 0.1) is 17.3 Å². The number of aliphatic hydroxyl groups excluding tert-OH is 1. The summed E-state index contributed by atoms with van der Waals surface area (Å²) in [5.41, 5.74) is 4.80. The maximum absolute atomic E-state index is 10.4. The normalized spacial score (nSPS) is 25.6. The zero-order valence-electron chi connectivity index (χ0n) is 16.1. The van der Waals surface area contributed by atoms with Crippen molar-refractivity contribution >= 4 is 10.8 Å². The van der Waals surface area contributed by atoms with E-state index in [0.717, 1.165) is 47.6 Å². The average molecular weight is 368 g/mol. The lowest BCUT2D eigenvalue weighted by molar-refractivity contribution is 0.159. The van der Waals surface area contributed by atoms with Crippen LogP contribution >= 0.6 is 0 Å². The van der Waals surface area contributed by atoms with Crippen LogP contribution in [0.3, 0.4) is 0 Å². The molecule has 2 aliphatic rings. The lowest BCUT2D eigenvalue weighted by Gasteiger charge is -2.38. The second-order valence-electron chi connectivity index (χ2n) is 8.64. The first-order valence-electron chi connectivity index (χ1n) is 10.1. The van der Waals surface area contributed by atoms with Gasteiger partial charge in [0, 0.05) is 11.1 Å². The third-order valence-electron chi connectivity index (χ3n) is 6.75. The summed E-state index contributed by atoms with van der Waals surface area (Å²) in [6.07, 6.45) is 3.54. The fourth-order valence-corrected chi connectivity index (χ4v) is 5.36. The summed E-state index contributed by atoms with van der Waals surface area (Å²) in [5, 5.41) is 22.7. The third kappa shape index (κ3) is 2.79. The molecule has 1 saturated carbocycles. The molecule has 0 heterocycles. The molecule has 0 radical (unpaired) electrons. The summed E-state index contributed by atoms with van der Waals surface area (Å²) in [6, 6.07) is 17.9. The van der Waals surface area contributed by atoms with Crippen molar-refractivity contribution in [1.29, 1.82) is 0 Å². The van der Waals surface area contributed by atoms with Crippen molar-refractivity contribution in [3.63, 3.8) is 0 Å². The smallest absolute Gasteiger partial charge is 0.116 e. The molecule has 3 aromatic carbocycles. The molecular formula is C26H24O2. The molecule has 0 spiro atoms. The zero-order chi connectivity index (χ0) is 19.3. The Labute approximate surface area is 165 Å². The van der Waals surface area contributed by atoms with Crippen LogP contribution in [0.5, 0.6) is 5.75 Å². The summed E-state index contributed by atoms with van der Waals surface area (Å²) >= 11 is 0. The molecule has 140 valence electrons. The molecule has 2 nitrogen and oxygen atoms in total. The van der Waals surface area contributed by atoms with Gasteiger partial charge in [-0.25, -0.2) is 0 Å². The molecule has 2 N–H and O–H groups in total. The Balaban J connectivity index is 1.73. The Morgan fingerprint density at radius 3 is 2.64 bits per heavy atom. The molecule has 28 heavy (non-hydrogen) atoms. The Hall–Kier alpha value is -2.76. The Morgan fingerprint density at radius 2 is 1.82 bits per heavy atom. The minimum Gasteiger partial charge on any atom is -0.508 e. The molecule has 0 unspecified atom stereocenters. The van der Waals surface area contributed by atoms with E-state index in [2.05, 4.69) is 24.8 Å². The number of phenolic OH excluding ortho intramolecular Hbond substituents is 1. The second-order valence-corrected chi connectivity index (χ2v) is 8.64. The number of hydrogen-bond donors (Lipinski definition) is 2. The van der Waals surface area contributed by atoms with Gasteiger partial charge in [0.1, 0.15) is 5.75 Å². The summed E-state index contributed by atoms with van der Waals surface area (Å²) in [7, 11) is 0. The highest BCUT2D eigenvalue weighted by molar-refractivity contribution is 5.93. The van der Waals surface area contributed by atoms with E-state index >= 15 is 0 Å². The lowest BCUT2D eigenvalue weighted by Crippen LogP contribution is -2.27. The molecule has 0 aliphatic heterocycles. The van der Waals surface area contributed by atoms with Crippen LogP contribution in [0.2, 0.25) is 0 Å². The first-order valence-corrected chi connectivity index (χ1v) is 10.1. The molecule has 3 aromatic rings. The van der Waals surface area contributed by atoms with Crippen LogP contribution in [0.25, 0.3) is 10.8 Å². The molecular weight excluding hydrogens is 344 g/mol. The van der Waals surface area contributed by atoms with Gasteiger partial charge in [-0.2, -0.15) is 0 Å². The Kier molecular flexibility index (Phi) is 3.96. The summed E-state index contributed by atoms with van der Waals surface area (Å²) in [6.45, 7) is 2.32. The van der Waals surface area contributed by atoms with Gasteiger partial charge >= 0.3 is 0 Å². The average Bonchev–Trinajstić information content (AvgIpc) is 3.01. The van der Waals surface area contributed by atoms with E-state index in [1.165, 1.54) is 11.1 Å². The third-order valence-corrected chi connectivity index (χ3v) is 6.75. The van der Waals surface area contributed by atoms with Gasteiger partial charge in [0.05, 0.1) is 6.10 Å². The van der Waals surface area contributed by atoms with Gasteiger partial charge in [0.25, 0.3) is 0 Å². The van der Waals surface area contributed by atoms with Gasteiger partial charge < -0.3 is 10.2 Å². The van der Waals surface area contributed by atoms with Gasteiger partial charge in [0.15, 0.2) is 0 Å². The molecule has 0 saturated heterocycles. The fourth-order valence-electron chi connectivity index (χ4n) is 5.36. The van der Waals surface area contributed by atoms with Crippen molar-refractivity contribution in [2.75, 3.05) is 0 Å². The number of phenols is 1. The summed E-state index contributed by atoms with van der Waals surface area (Å²) < 4.78 is 0. The monoisotopic (exact) mass is 368 g/mol. The van der Waals surface area contributed by atoms with E-state index in [-0.39, 0.29) is 11.5 Å². The number of fused-ring (bicyclic) bond motifs is 5. The van der Waals surface area contributed by atoms with E-state index in [4.69, 9.17) is 0 Å². The van der Waals surface area contributed by atoms with Crippen molar-refractivity contribution < 1.29 is 10.2 Å². The van der Waals surface area contributed by atoms with Gasteiger partial charge in [-0.1, -0.05) is 37.0 Å². The van der Waals surface area contributed by atoms with Crippen LogP contribution in [-0.4, -0.2) is 16.3 Å². The van der Waals surface area contributed by atoms with Crippen molar-refractivity contribution in [2.24, 2.45) is 5.41 Å². The fraction of sp³-hybridized carbons (Fsp3) is 0.308. The van der Waals surface area contributed by atoms with Crippen molar-refractivity contribution in [1.82, 2.24) is 0 Å². The molecule has 1 fully saturated rings. The maximum atomic E-state index is 10.4. The topological polar surface area (TPSA) is 40.5 Å². The SMILES string of the molecule is C[C@]12CCc3c(cc(C#Cc4ccccc4)c4ccc(O)cc34)[C@@H]1C[C@H](O)C2. The Bertz CT molecular complexity index is 1120. The van der Waals surface area contributed by atoms with Crippen molar-refractivity contribution in [3.05, 3.63) is 76.9 Å². The molecule has 2 heteroatoms. The number of aliphatic hydroxyl groups is 1. The number of benzene rings is 3. The van der Waals surface area contributed by atoms with Gasteiger partial charge in [-0.15, -0.1) is 0 Å². The number of aromatic hydroxyl groups is 1. The second kappa shape index (κ2) is 6.40.